The molecule has 0 aliphatic heterocycles. The number of methoxy groups -OCH3 is 1. The van der Waals surface area contributed by atoms with Gasteiger partial charge in [0.25, 0.3) is 0 Å². The van der Waals surface area contributed by atoms with Gasteiger partial charge in [0.2, 0.25) is 5.75 Å². The Balaban J connectivity index is 3.05. The Hall–Kier alpha value is -1.82. The highest BCUT2D eigenvalue weighted by Crippen LogP contribution is 2.32. The second-order valence-corrected chi connectivity index (χ2v) is 3.65. The fourth-order valence-corrected chi connectivity index (χ4v) is 1.17. The first-order valence-electron chi connectivity index (χ1n) is 5.13. The molecule has 0 aliphatic rings. The van der Waals surface area contributed by atoms with E-state index in [2.05, 4.69) is 0 Å². The Labute approximate surface area is 98.9 Å². The van der Waals surface area contributed by atoms with Crippen molar-refractivity contribution in [3.63, 3.8) is 0 Å². The lowest BCUT2D eigenvalue weighted by molar-refractivity contribution is -0.386. The second-order valence-electron chi connectivity index (χ2n) is 3.65. The molecule has 0 aromatic heterocycles. The predicted molar refractivity (Wildman–Crippen MR) is 61.4 cm³/mol. The topological polar surface area (TPSA) is 81.8 Å². The molecule has 0 bridgehead atoms. The van der Waals surface area contributed by atoms with Gasteiger partial charge in [-0.3, -0.25) is 10.1 Å². The van der Waals surface area contributed by atoms with Gasteiger partial charge in [-0.25, -0.2) is 0 Å². The highest BCUT2D eigenvalue weighted by molar-refractivity contribution is 5.50. The summed E-state index contributed by atoms with van der Waals surface area (Å²) in [5, 5.41) is 20.1. The first-order valence-corrected chi connectivity index (χ1v) is 5.13. The van der Waals surface area contributed by atoms with Crippen molar-refractivity contribution < 1.29 is 19.5 Å². The van der Waals surface area contributed by atoms with E-state index < -0.39 is 17.1 Å². The van der Waals surface area contributed by atoms with E-state index in [4.69, 9.17) is 9.47 Å². The number of aliphatic hydroxyl groups excluding tert-OH is 1. The Morgan fingerprint density at radius 2 is 2.06 bits per heavy atom. The molecule has 1 rings (SSSR count). The molecule has 17 heavy (non-hydrogen) atoms. The van der Waals surface area contributed by atoms with Gasteiger partial charge >= 0.3 is 5.69 Å². The van der Waals surface area contributed by atoms with Crippen LogP contribution in [0, 0.1) is 10.1 Å². The van der Waals surface area contributed by atoms with E-state index in [1.54, 1.807) is 13.8 Å². The Morgan fingerprint density at radius 3 is 2.53 bits per heavy atom. The zero-order valence-electron chi connectivity index (χ0n) is 9.91. The SMILES string of the molecule is COc1ccc([N+](=O)[O-])c(OC(C)C(C)O)c1. The van der Waals surface area contributed by atoms with Crippen LogP contribution in [0.4, 0.5) is 5.69 Å². The van der Waals surface area contributed by atoms with Crippen LogP contribution < -0.4 is 9.47 Å². The maximum absolute atomic E-state index is 10.8. The number of ether oxygens (including phenoxy) is 2. The molecule has 0 heterocycles. The van der Waals surface area contributed by atoms with Crippen LogP contribution in [0.15, 0.2) is 18.2 Å². The van der Waals surface area contributed by atoms with E-state index >= 15 is 0 Å². The van der Waals surface area contributed by atoms with Gasteiger partial charge in [-0.15, -0.1) is 0 Å². The lowest BCUT2D eigenvalue weighted by Crippen LogP contribution is -2.25. The summed E-state index contributed by atoms with van der Waals surface area (Å²) in [4.78, 5) is 10.3. The standard InChI is InChI=1S/C11H15NO5/c1-7(13)8(2)17-11-6-9(16-3)4-5-10(11)12(14)15/h4-8,13H,1-3H3. The van der Waals surface area contributed by atoms with Crippen LogP contribution in [0.2, 0.25) is 0 Å². The summed E-state index contributed by atoms with van der Waals surface area (Å²) in [6, 6.07) is 4.22. The van der Waals surface area contributed by atoms with E-state index in [-0.39, 0.29) is 11.4 Å². The van der Waals surface area contributed by atoms with Crippen LogP contribution in [-0.2, 0) is 0 Å². The third-order valence-electron chi connectivity index (χ3n) is 2.36. The first kappa shape index (κ1) is 13.2. The number of hydrogen-bond donors (Lipinski definition) is 1. The quantitative estimate of drug-likeness (QED) is 0.627. The van der Waals surface area contributed by atoms with Crippen LogP contribution in [0.1, 0.15) is 13.8 Å². The third-order valence-corrected chi connectivity index (χ3v) is 2.36. The molecular weight excluding hydrogens is 226 g/mol. The van der Waals surface area contributed by atoms with Gasteiger partial charge in [0, 0.05) is 12.1 Å². The van der Waals surface area contributed by atoms with Crippen molar-refractivity contribution in [2.24, 2.45) is 0 Å². The maximum atomic E-state index is 10.8. The third kappa shape index (κ3) is 3.32. The summed E-state index contributed by atoms with van der Waals surface area (Å²) in [6.45, 7) is 3.19. The summed E-state index contributed by atoms with van der Waals surface area (Å²) in [7, 11) is 1.46. The number of nitro benzene ring substituents is 1. The number of aliphatic hydroxyl groups is 1. The van der Waals surface area contributed by atoms with Crippen molar-refractivity contribution >= 4 is 5.69 Å². The minimum absolute atomic E-state index is 0.0859. The molecule has 0 radical (unpaired) electrons. The molecule has 1 aromatic rings. The van der Waals surface area contributed by atoms with Crippen LogP contribution in [0.25, 0.3) is 0 Å². The van der Waals surface area contributed by atoms with Crippen molar-refractivity contribution in [3.8, 4) is 11.5 Å². The van der Waals surface area contributed by atoms with Crippen molar-refractivity contribution in [1.82, 2.24) is 0 Å². The largest absolute Gasteiger partial charge is 0.497 e. The highest BCUT2D eigenvalue weighted by atomic mass is 16.6. The molecule has 94 valence electrons. The Kier molecular flexibility index (Phi) is 4.28. The van der Waals surface area contributed by atoms with Crippen LogP contribution in [-0.4, -0.2) is 29.3 Å². The van der Waals surface area contributed by atoms with E-state index in [0.29, 0.717) is 5.75 Å². The van der Waals surface area contributed by atoms with Crippen molar-refractivity contribution in [2.45, 2.75) is 26.1 Å². The van der Waals surface area contributed by atoms with Gasteiger partial charge < -0.3 is 14.6 Å². The zero-order valence-corrected chi connectivity index (χ0v) is 9.91. The summed E-state index contributed by atoms with van der Waals surface area (Å²) in [6.07, 6.45) is -1.26. The molecule has 6 heteroatoms. The van der Waals surface area contributed by atoms with Crippen LogP contribution in [0.3, 0.4) is 0 Å². The van der Waals surface area contributed by atoms with Crippen molar-refractivity contribution in [2.75, 3.05) is 7.11 Å². The average Bonchev–Trinajstić information content (AvgIpc) is 2.28. The molecule has 0 amide bonds. The average molecular weight is 241 g/mol. The van der Waals surface area contributed by atoms with E-state index in [1.807, 2.05) is 0 Å². The molecule has 0 saturated heterocycles. The molecule has 0 aliphatic carbocycles. The fraction of sp³-hybridized carbons (Fsp3) is 0.455. The van der Waals surface area contributed by atoms with Gasteiger partial charge in [-0.1, -0.05) is 0 Å². The Bertz CT molecular complexity index is 405. The molecular formula is C11H15NO5. The summed E-state index contributed by atoms with van der Waals surface area (Å²) in [5.74, 6) is 0.547. The maximum Gasteiger partial charge on any atom is 0.311 e. The smallest absolute Gasteiger partial charge is 0.311 e. The number of hydrogen-bond acceptors (Lipinski definition) is 5. The molecule has 1 N–H and O–H groups in total. The number of benzene rings is 1. The van der Waals surface area contributed by atoms with E-state index in [1.165, 1.54) is 25.3 Å². The van der Waals surface area contributed by atoms with Crippen molar-refractivity contribution in [1.29, 1.82) is 0 Å². The zero-order chi connectivity index (χ0) is 13.0. The number of nitro groups is 1. The lowest BCUT2D eigenvalue weighted by atomic mass is 10.2. The molecule has 0 fully saturated rings. The van der Waals surface area contributed by atoms with Gasteiger partial charge in [-0.2, -0.15) is 0 Å². The minimum atomic E-state index is -0.721. The monoisotopic (exact) mass is 241 g/mol. The molecule has 2 atom stereocenters. The number of rotatable bonds is 5. The molecule has 6 nitrogen and oxygen atoms in total. The molecule has 0 spiro atoms. The van der Waals surface area contributed by atoms with Crippen LogP contribution >= 0.6 is 0 Å². The lowest BCUT2D eigenvalue weighted by Gasteiger charge is -2.17. The predicted octanol–water partition coefficient (Wildman–Crippen LogP) is 1.75. The molecule has 2 unspecified atom stereocenters. The van der Waals surface area contributed by atoms with Gasteiger partial charge in [-0.05, 0) is 19.9 Å². The minimum Gasteiger partial charge on any atom is -0.497 e. The summed E-state index contributed by atoms with van der Waals surface area (Å²) in [5.41, 5.74) is -0.154. The van der Waals surface area contributed by atoms with Crippen LogP contribution in [0.5, 0.6) is 11.5 Å². The second kappa shape index (κ2) is 5.49. The normalized spacial score (nSPS) is 13.9. The van der Waals surface area contributed by atoms with E-state index in [0.717, 1.165) is 0 Å². The number of nitrogens with zero attached hydrogens (tertiary/aromatic N) is 1. The fourth-order valence-electron chi connectivity index (χ4n) is 1.17. The Morgan fingerprint density at radius 1 is 1.41 bits per heavy atom. The highest BCUT2D eigenvalue weighted by Gasteiger charge is 2.20. The van der Waals surface area contributed by atoms with Gasteiger partial charge in [0.15, 0.2) is 0 Å². The summed E-state index contributed by atoms with van der Waals surface area (Å²) < 4.78 is 10.3. The van der Waals surface area contributed by atoms with Gasteiger partial charge in [0.1, 0.15) is 11.9 Å². The van der Waals surface area contributed by atoms with E-state index in [9.17, 15) is 15.2 Å². The first-order chi connectivity index (χ1) is 7.95. The van der Waals surface area contributed by atoms with Gasteiger partial charge in [0.05, 0.1) is 18.1 Å². The molecule has 1 aromatic carbocycles. The summed E-state index contributed by atoms with van der Waals surface area (Å²) >= 11 is 0. The van der Waals surface area contributed by atoms with Crippen molar-refractivity contribution in [3.05, 3.63) is 28.3 Å². The molecule has 0 saturated carbocycles.